The summed E-state index contributed by atoms with van der Waals surface area (Å²) in [4.78, 5) is 27.5. The summed E-state index contributed by atoms with van der Waals surface area (Å²) in [7, 11) is 0. The minimum absolute atomic E-state index is 0.0491. The van der Waals surface area contributed by atoms with Crippen LogP contribution in [0.3, 0.4) is 0 Å². The molecule has 0 radical (unpaired) electrons. The van der Waals surface area contributed by atoms with Gasteiger partial charge in [-0.25, -0.2) is 9.78 Å². The van der Waals surface area contributed by atoms with Crippen molar-refractivity contribution in [2.45, 2.75) is 20.0 Å². The molecule has 0 aliphatic rings. The van der Waals surface area contributed by atoms with E-state index in [0.29, 0.717) is 22.2 Å². The third-order valence-corrected chi connectivity index (χ3v) is 3.01. The zero-order chi connectivity index (χ0) is 17.5. The fourth-order valence-corrected chi connectivity index (χ4v) is 1.90. The van der Waals surface area contributed by atoms with E-state index >= 15 is 0 Å². The van der Waals surface area contributed by atoms with Crippen LogP contribution >= 0.6 is 11.6 Å². The van der Waals surface area contributed by atoms with Crippen LogP contribution < -0.4 is 10.1 Å². The number of nitrogens with one attached hydrogen (secondary N) is 1. The third-order valence-electron chi connectivity index (χ3n) is 2.79. The number of pyridine rings is 1. The molecule has 0 saturated heterocycles. The van der Waals surface area contributed by atoms with E-state index in [1.165, 1.54) is 6.20 Å². The molecule has 0 atom stereocenters. The van der Waals surface area contributed by atoms with Gasteiger partial charge in [0.05, 0.1) is 16.7 Å². The molecule has 0 aliphatic heterocycles. The average molecular weight is 349 g/mol. The van der Waals surface area contributed by atoms with Crippen molar-refractivity contribution in [2.75, 3.05) is 11.9 Å². The number of aromatic nitrogens is 1. The highest BCUT2D eigenvalue weighted by Crippen LogP contribution is 2.14. The van der Waals surface area contributed by atoms with Crippen molar-refractivity contribution in [3.05, 3.63) is 53.2 Å². The number of esters is 1. The van der Waals surface area contributed by atoms with Crippen molar-refractivity contribution >= 4 is 29.3 Å². The average Bonchev–Trinajstić information content (AvgIpc) is 2.55. The zero-order valence-corrected chi connectivity index (χ0v) is 14.0. The van der Waals surface area contributed by atoms with E-state index in [-0.39, 0.29) is 6.10 Å². The van der Waals surface area contributed by atoms with Crippen LogP contribution in [0.25, 0.3) is 0 Å². The predicted octanol–water partition coefficient (Wildman–Crippen LogP) is 3.32. The molecule has 24 heavy (non-hydrogen) atoms. The van der Waals surface area contributed by atoms with Gasteiger partial charge < -0.3 is 14.8 Å². The van der Waals surface area contributed by atoms with E-state index in [4.69, 9.17) is 21.1 Å². The minimum atomic E-state index is -0.592. The quantitative estimate of drug-likeness (QED) is 0.810. The highest BCUT2D eigenvalue weighted by molar-refractivity contribution is 6.30. The van der Waals surface area contributed by atoms with Gasteiger partial charge in [0.2, 0.25) is 0 Å². The Bertz CT molecular complexity index is 700. The number of ether oxygens (including phenoxy) is 2. The maximum Gasteiger partial charge on any atom is 0.338 e. The van der Waals surface area contributed by atoms with Crippen LogP contribution in [0.1, 0.15) is 24.2 Å². The topological polar surface area (TPSA) is 77.5 Å². The zero-order valence-electron chi connectivity index (χ0n) is 13.3. The maximum absolute atomic E-state index is 11.9. The molecule has 0 spiro atoms. The van der Waals surface area contributed by atoms with Crippen LogP contribution in [0.2, 0.25) is 5.02 Å². The monoisotopic (exact) mass is 348 g/mol. The van der Waals surface area contributed by atoms with Gasteiger partial charge in [-0.05, 0) is 50.2 Å². The van der Waals surface area contributed by atoms with E-state index in [0.717, 1.165) is 0 Å². The lowest BCUT2D eigenvalue weighted by molar-refractivity contribution is -0.119. The Kier molecular flexibility index (Phi) is 6.14. The van der Waals surface area contributed by atoms with E-state index in [1.807, 2.05) is 13.8 Å². The minimum Gasteiger partial charge on any atom is -0.491 e. The lowest BCUT2D eigenvalue weighted by Gasteiger charge is -2.10. The van der Waals surface area contributed by atoms with Gasteiger partial charge >= 0.3 is 5.97 Å². The SMILES string of the molecule is CC(C)Oc1ccc(C(=O)OCC(=O)Nc2ccc(Cl)cn2)cc1. The van der Waals surface area contributed by atoms with Gasteiger partial charge in [-0.1, -0.05) is 11.6 Å². The van der Waals surface area contributed by atoms with Crippen molar-refractivity contribution in [2.24, 2.45) is 0 Å². The number of rotatable bonds is 6. The number of hydrogen-bond donors (Lipinski definition) is 1. The Morgan fingerprint density at radius 2 is 1.88 bits per heavy atom. The highest BCUT2D eigenvalue weighted by Gasteiger charge is 2.11. The molecule has 2 aromatic rings. The summed E-state index contributed by atoms with van der Waals surface area (Å²) in [6.45, 7) is 3.42. The molecule has 2 rings (SSSR count). The van der Waals surface area contributed by atoms with Gasteiger partial charge in [0.1, 0.15) is 11.6 Å². The van der Waals surface area contributed by atoms with Crippen molar-refractivity contribution in [1.29, 1.82) is 0 Å². The first-order valence-corrected chi connectivity index (χ1v) is 7.67. The summed E-state index contributed by atoms with van der Waals surface area (Å²) in [6, 6.07) is 9.66. The van der Waals surface area contributed by atoms with Crippen molar-refractivity contribution in [3.63, 3.8) is 0 Å². The largest absolute Gasteiger partial charge is 0.491 e. The second kappa shape index (κ2) is 8.31. The molecule has 126 valence electrons. The van der Waals surface area contributed by atoms with E-state index < -0.39 is 18.5 Å². The van der Waals surface area contributed by atoms with Crippen LogP contribution in [0, 0.1) is 0 Å². The Morgan fingerprint density at radius 3 is 2.46 bits per heavy atom. The molecule has 1 aromatic heterocycles. The summed E-state index contributed by atoms with van der Waals surface area (Å²) in [5.41, 5.74) is 0.337. The smallest absolute Gasteiger partial charge is 0.338 e. The van der Waals surface area contributed by atoms with Crippen molar-refractivity contribution in [1.82, 2.24) is 4.98 Å². The number of nitrogens with zero attached hydrogens (tertiary/aromatic N) is 1. The normalized spacial score (nSPS) is 10.3. The van der Waals surface area contributed by atoms with E-state index in [1.54, 1.807) is 36.4 Å². The molecule has 0 bridgehead atoms. The summed E-state index contributed by atoms with van der Waals surface area (Å²) >= 11 is 5.70. The van der Waals surface area contributed by atoms with Crippen LogP contribution in [-0.2, 0) is 9.53 Å². The molecule has 1 N–H and O–H groups in total. The molecule has 7 heteroatoms. The van der Waals surface area contributed by atoms with Gasteiger partial charge in [0.15, 0.2) is 6.61 Å². The Labute approximate surface area is 144 Å². The number of amides is 1. The Morgan fingerprint density at radius 1 is 1.17 bits per heavy atom. The molecule has 0 saturated carbocycles. The lowest BCUT2D eigenvalue weighted by atomic mass is 10.2. The number of carbonyl (C=O) groups excluding carboxylic acids is 2. The van der Waals surface area contributed by atoms with Gasteiger partial charge in [0.25, 0.3) is 5.91 Å². The summed E-state index contributed by atoms with van der Waals surface area (Å²) in [6.07, 6.45) is 1.46. The molecule has 6 nitrogen and oxygen atoms in total. The molecule has 0 fully saturated rings. The lowest BCUT2D eigenvalue weighted by Crippen LogP contribution is -2.21. The number of benzene rings is 1. The van der Waals surface area contributed by atoms with Crippen LogP contribution in [0.5, 0.6) is 5.75 Å². The van der Waals surface area contributed by atoms with Gasteiger partial charge in [0, 0.05) is 6.20 Å². The fourth-order valence-electron chi connectivity index (χ4n) is 1.78. The first-order valence-electron chi connectivity index (χ1n) is 7.29. The first kappa shape index (κ1) is 17.7. The Balaban J connectivity index is 1.83. The fraction of sp³-hybridized carbons (Fsp3) is 0.235. The predicted molar refractivity (Wildman–Crippen MR) is 90.4 cm³/mol. The molecule has 1 aromatic carbocycles. The summed E-state index contributed by atoms with van der Waals surface area (Å²) in [5.74, 6) is -0.0908. The molecule has 0 unspecified atom stereocenters. The highest BCUT2D eigenvalue weighted by atomic mass is 35.5. The van der Waals surface area contributed by atoms with Gasteiger partial charge in [-0.2, -0.15) is 0 Å². The third kappa shape index (κ3) is 5.55. The maximum atomic E-state index is 11.9. The van der Waals surface area contributed by atoms with Gasteiger partial charge in [-0.15, -0.1) is 0 Å². The molecule has 1 heterocycles. The standard InChI is InChI=1S/C17H17ClN2O4/c1-11(2)24-14-6-3-12(4-7-14)17(22)23-10-16(21)20-15-8-5-13(18)9-19-15/h3-9,11H,10H2,1-2H3,(H,19,20,21). The van der Waals surface area contributed by atoms with Crippen LogP contribution in [0.4, 0.5) is 5.82 Å². The molecular weight excluding hydrogens is 332 g/mol. The van der Waals surface area contributed by atoms with E-state index in [2.05, 4.69) is 10.3 Å². The number of anilines is 1. The summed E-state index contributed by atoms with van der Waals surface area (Å²) < 4.78 is 10.5. The van der Waals surface area contributed by atoms with E-state index in [9.17, 15) is 9.59 Å². The molecule has 1 amide bonds. The van der Waals surface area contributed by atoms with Gasteiger partial charge in [-0.3, -0.25) is 4.79 Å². The Hall–Kier alpha value is -2.60. The van der Waals surface area contributed by atoms with Crippen molar-refractivity contribution < 1.29 is 19.1 Å². The molecule has 0 aliphatic carbocycles. The number of hydrogen-bond acceptors (Lipinski definition) is 5. The second-order valence-corrected chi connectivity index (χ2v) is 5.61. The first-order chi connectivity index (χ1) is 11.4. The molecular formula is C17H17ClN2O4. The second-order valence-electron chi connectivity index (χ2n) is 5.18. The summed E-state index contributed by atoms with van der Waals surface area (Å²) in [5, 5.41) is 2.96. The van der Waals surface area contributed by atoms with Crippen molar-refractivity contribution in [3.8, 4) is 5.75 Å². The van der Waals surface area contributed by atoms with Crippen LogP contribution in [-0.4, -0.2) is 29.6 Å². The van der Waals surface area contributed by atoms with Crippen LogP contribution in [0.15, 0.2) is 42.6 Å². The number of carbonyl (C=O) groups is 2. The number of halogens is 1.